The van der Waals surface area contributed by atoms with Crippen molar-refractivity contribution in [2.75, 3.05) is 7.05 Å². The molecule has 3 aromatic rings. The van der Waals surface area contributed by atoms with E-state index in [9.17, 15) is 4.79 Å². The van der Waals surface area contributed by atoms with Gasteiger partial charge in [-0.05, 0) is 28.8 Å². The van der Waals surface area contributed by atoms with E-state index in [0.29, 0.717) is 18.0 Å². The molecule has 3 rings (SSSR count). The number of nitrogens with zero attached hydrogens (tertiary/aromatic N) is 1. The van der Waals surface area contributed by atoms with Crippen molar-refractivity contribution in [2.45, 2.75) is 18.9 Å². The lowest BCUT2D eigenvalue weighted by Crippen LogP contribution is -2.27. The maximum atomic E-state index is 12.9. The predicted molar refractivity (Wildman–Crippen MR) is 107 cm³/mol. The number of benzene rings is 3. The highest BCUT2D eigenvalue weighted by molar-refractivity contribution is 6.30. The van der Waals surface area contributed by atoms with E-state index in [1.807, 2.05) is 67.7 Å². The molecule has 0 aliphatic heterocycles. The van der Waals surface area contributed by atoms with Gasteiger partial charge in [0.25, 0.3) is 0 Å². The number of amides is 1. The lowest BCUT2D eigenvalue weighted by molar-refractivity contribution is -0.130. The summed E-state index contributed by atoms with van der Waals surface area (Å²) in [7, 11) is 1.85. The molecular formula is C23H22ClNO. The average molecular weight is 364 g/mol. The molecule has 0 aromatic heterocycles. The first kappa shape index (κ1) is 18.2. The molecule has 0 unspecified atom stereocenters. The van der Waals surface area contributed by atoms with Crippen LogP contribution in [0.25, 0.3) is 0 Å². The number of hydrogen-bond donors (Lipinski definition) is 0. The third kappa shape index (κ3) is 4.74. The van der Waals surface area contributed by atoms with E-state index in [4.69, 9.17) is 11.6 Å². The van der Waals surface area contributed by atoms with Gasteiger partial charge in [-0.3, -0.25) is 4.79 Å². The standard InChI is InChI=1S/C23H22ClNO/c1-25(17-18-12-14-21(24)15-13-18)23(26)16-22(19-8-4-2-5-9-19)20-10-6-3-7-11-20/h2-15,22H,16-17H2,1H3. The van der Waals surface area contributed by atoms with Gasteiger partial charge in [0.1, 0.15) is 0 Å². The van der Waals surface area contributed by atoms with Crippen LogP contribution in [0.1, 0.15) is 29.0 Å². The van der Waals surface area contributed by atoms with E-state index < -0.39 is 0 Å². The molecule has 2 nitrogen and oxygen atoms in total. The molecule has 0 radical (unpaired) electrons. The Morgan fingerprint density at radius 3 is 1.85 bits per heavy atom. The molecule has 0 bridgehead atoms. The SMILES string of the molecule is CN(Cc1ccc(Cl)cc1)C(=O)CC(c1ccccc1)c1ccccc1. The topological polar surface area (TPSA) is 20.3 Å². The van der Waals surface area contributed by atoms with Crippen LogP contribution in [0.15, 0.2) is 84.9 Å². The molecule has 0 saturated heterocycles. The fourth-order valence-electron chi connectivity index (χ4n) is 3.08. The lowest BCUT2D eigenvalue weighted by atomic mass is 9.88. The minimum atomic E-state index is 0.0533. The zero-order valence-electron chi connectivity index (χ0n) is 14.8. The normalized spacial score (nSPS) is 10.7. The van der Waals surface area contributed by atoms with Crippen LogP contribution < -0.4 is 0 Å². The van der Waals surface area contributed by atoms with Crippen molar-refractivity contribution < 1.29 is 4.79 Å². The summed E-state index contributed by atoms with van der Waals surface area (Å²) in [4.78, 5) is 14.7. The zero-order chi connectivity index (χ0) is 18.4. The van der Waals surface area contributed by atoms with Crippen molar-refractivity contribution in [3.63, 3.8) is 0 Å². The molecule has 26 heavy (non-hydrogen) atoms. The Kier molecular flexibility index (Phi) is 6.08. The van der Waals surface area contributed by atoms with Gasteiger partial charge in [-0.15, -0.1) is 0 Å². The molecule has 0 N–H and O–H groups in total. The summed E-state index contributed by atoms with van der Waals surface area (Å²) in [6.07, 6.45) is 0.443. The Labute approximate surface area is 160 Å². The maximum absolute atomic E-state index is 12.9. The quantitative estimate of drug-likeness (QED) is 0.564. The summed E-state index contributed by atoms with van der Waals surface area (Å²) in [5, 5.41) is 0.705. The summed E-state index contributed by atoms with van der Waals surface area (Å²) < 4.78 is 0. The van der Waals surface area contributed by atoms with E-state index in [0.717, 1.165) is 16.7 Å². The van der Waals surface area contributed by atoms with Crippen LogP contribution in [0.5, 0.6) is 0 Å². The van der Waals surface area contributed by atoms with Crippen molar-refractivity contribution in [1.82, 2.24) is 4.90 Å². The second kappa shape index (κ2) is 8.68. The van der Waals surface area contributed by atoms with Gasteiger partial charge >= 0.3 is 0 Å². The van der Waals surface area contributed by atoms with Crippen molar-refractivity contribution in [1.29, 1.82) is 0 Å². The maximum Gasteiger partial charge on any atom is 0.223 e. The first-order chi connectivity index (χ1) is 12.6. The molecule has 0 fully saturated rings. The Balaban J connectivity index is 1.75. The van der Waals surface area contributed by atoms with Gasteiger partial charge in [-0.1, -0.05) is 84.4 Å². The van der Waals surface area contributed by atoms with E-state index in [1.165, 1.54) is 0 Å². The van der Waals surface area contributed by atoms with Gasteiger partial charge in [-0.2, -0.15) is 0 Å². The largest absolute Gasteiger partial charge is 0.341 e. The van der Waals surface area contributed by atoms with E-state index >= 15 is 0 Å². The van der Waals surface area contributed by atoms with Crippen LogP contribution >= 0.6 is 11.6 Å². The van der Waals surface area contributed by atoms with Gasteiger partial charge in [0, 0.05) is 31.0 Å². The molecule has 3 heteroatoms. The van der Waals surface area contributed by atoms with Gasteiger partial charge in [0.15, 0.2) is 0 Å². The van der Waals surface area contributed by atoms with Gasteiger partial charge < -0.3 is 4.90 Å². The number of hydrogen-bond acceptors (Lipinski definition) is 1. The second-order valence-electron chi connectivity index (χ2n) is 6.45. The van der Waals surface area contributed by atoms with Crippen LogP contribution in [-0.4, -0.2) is 17.9 Å². The number of carbonyl (C=O) groups is 1. The summed E-state index contributed by atoms with van der Waals surface area (Å²) >= 11 is 5.93. The van der Waals surface area contributed by atoms with Crippen LogP contribution in [0, 0.1) is 0 Å². The fraction of sp³-hybridized carbons (Fsp3) is 0.174. The molecule has 132 valence electrons. The molecule has 0 aliphatic rings. The van der Waals surface area contributed by atoms with Crippen LogP contribution in [0.3, 0.4) is 0 Å². The van der Waals surface area contributed by atoms with Gasteiger partial charge in [0.2, 0.25) is 5.91 Å². The average Bonchev–Trinajstić information content (AvgIpc) is 2.69. The molecule has 0 heterocycles. The Hall–Kier alpha value is -2.58. The van der Waals surface area contributed by atoms with Crippen LogP contribution in [0.4, 0.5) is 0 Å². The van der Waals surface area contributed by atoms with Crippen molar-refractivity contribution in [2.24, 2.45) is 0 Å². The van der Waals surface area contributed by atoms with Crippen molar-refractivity contribution in [3.05, 3.63) is 107 Å². The van der Waals surface area contributed by atoms with Crippen LogP contribution in [-0.2, 0) is 11.3 Å². The first-order valence-corrected chi connectivity index (χ1v) is 9.09. The molecule has 0 atom stereocenters. The predicted octanol–water partition coefficient (Wildman–Crippen LogP) is 5.52. The monoisotopic (exact) mass is 363 g/mol. The van der Waals surface area contributed by atoms with Crippen molar-refractivity contribution in [3.8, 4) is 0 Å². The molecule has 0 spiro atoms. The number of carbonyl (C=O) groups excluding carboxylic acids is 1. The Morgan fingerprint density at radius 1 is 0.846 bits per heavy atom. The minimum Gasteiger partial charge on any atom is -0.341 e. The van der Waals surface area contributed by atoms with E-state index in [1.54, 1.807) is 4.90 Å². The van der Waals surface area contributed by atoms with Gasteiger partial charge in [0.05, 0.1) is 0 Å². The summed E-state index contributed by atoms with van der Waals surface area (Å²) in [6.45, 7) is 0.576. The Bertz CT molecular complexity index is 792. The number of rotatable bonds is 6. The summed E-state index contributed by atoms with van der Waals surface area (Å²) in [6, 6.07) is 28.1. The lowest BCUT2D eigenvalue weighted by Gasteiger charge is -2.22. The third-order valence-electron chi connectivity index (χ3n) is 4.54. The number of halogens is 1. The highest BCUT2D eigenvalue weighted by atomic mass is 35.5. The van der Waals surface area contributed by atoms with Crippen LogP contribution in [0.2, 0.25) is 5.02 Å². The van der Waals surface area contributed by atoms with E-state index in [-0.39, 0.29) is 11.8 Å². The van der Waals surface area contributed by atoms with E-state index in [2.05, 4.69) is 24.3 Å². The molecule has 0 aliphatic carbocycles. The molecule has 3 aromatic carbocycles. The first-order valence-electron chi connectivity index (χ1n) is 8.72. The zero-order valence-corrected chi connectivity index (χ0v) is 15.6. The highest BCUT2D eigenvalue weighted by Crippen LogP contribution is 2.28. The Morgan fingerprint density at radius 2 is 1.35 bits per heavy atom. The second-order valence-corrected chi connectivity index (χ2v) is 6.89. The third-order valence-corrected chi connectivity index (χ3v) is 4.79. The van der Waals surface area contributed by atoms with Crippen molar-refractivity contribution >= 4 is 17.5 Å². The fourth-order valence-corrected chi connectivity index (χ4v) is 3.21. The van der Waals surface area contributed by atoms with Gasteiger partial charge in [-0.25, -0.2) is 0 Å². The minimum absolute atomic E-state index is 0.0533. The summed E-state index contributed by atoms with van der Waals surface area (Å²) in [5.41, 5.74) is 3.39. The molecular weight excluding hydrogens is 342 g/mol. The molecule has 1 amide bonds. The smallest absolute Gasteiger partial charge is 0.223 e. The summed E-state index contributed by atoms with van der Waals surface area (Å²) in [5.74, 6) is 0.176. The highest BCUT2D eigenvalue weighted by Gasteiger charge is 2.20. The molecule has 0 saturated carbocycles.